The van der Waals surface area contributed by atoms with Crippen LogP contribution in [0.25, 0.3) is 5.76 Å². The van der Waals surface area contributed by atoms with Gasteiger partial charge in [-0.1, -0.05) is 19.9 Å². The summed E-state index contributed by atoms with van der Waals surface area (Å²) in [6, 6.07) is 11.3. The molecule has 0 saturated carbocycles. The van der Waals surface area contributed by atoms with Crippen LogP contribution in [0.5, 0.6) is 17.2 Å². The van der Waals surface area contributed by atoms with E-state index in [1.807, 2.05) is 6.07 Å². The third-order valence-corrected chi connectivity index (χ3v) is 7.12. The van der Waals surface area contributed by atoms with E-state index in [9.17, 15) is 14.7 Å². The van der Waals surface area contributed by atoms with Crippen molar-refractivity contribution in [3.8, 4) is 17.2 Å². The number of morpholine rings is 1. The molecule has 0 aromatic heterocycles. The lowest BCUT2D eigenvalue weighted by molar-refractivity contribution is -0.140. The van der Waals surface area contributed by atoms with Gasteiger partial charge in [0.05, 0.1) is 45.7 Å². The van der Waals surface area contributed by atoms with Crippen LogP contribution in [0.15, 0.2) is 48.0 Å². The van der Waals surface area contributed by atoms with Gasteiger partial charge in [-0.05, 0) is 54.3 Å². The van der Waals surface area contributed by atoms with Gasteiger partial charge in [-0.2, -0.15) is 0 Å². The first kappa shape index (κ1) is 28.4. The van der Waals surface area contributed by atoms with Crippen molar-refractivity contribution in [2.45, 2.75) is 26.3 Å². The van der Waals surface area contributed by atoms with E-state index in [2.05, 4.69) is 18.7 Å². The number of aliphatic hydroxyl groups excluding tert-OH is 1. The quantitative estimate of drug-likeness (QED) is 0.262. The first-order valence-corrected chi connectivity index (χ1v) is 13.4. The fourth-order valence-electron chi connectivity index (χ4n) is 4.81. The predicted octanol–water partition coefficient (Wildman–Crippen LogP) is 3.88. The molecular formula is C30H38N2O7. The Hall–Kier alpha value is -3.56. The normalized spacial score (nSPS) is 19.5. The topological polar surface area (TPSA) is 97.8 Å². The number of ketones is 1. The molecule has 9 nitrogen and oxygen atoms in total. The molecule has 39 heavy (non-hydrogen) atoms. The molecule has 0 radical (unpaired) electrons. The largest absolute Gasteiger partial charge is 0.507 e. The van der Waals surface area contributed by atoms with Crippen molar-refractivity contribution in [1.82, 2.24) is 9.80 Å². The number of methoxy groups -OCH3 is 2. The molecule has 1 N–H and O–H groups in total. The van der Waals surface area contributed by atoms with Gasteiger partial charge in [-0.25, -0.2) is 0 Å². The minimum absolute atomic E-state index is 0.0441. The van der Waals surface area contributed by atoms with E-state index < -0.39 is 17.7 Å². The molecular weight excluding hydrogens is 500 g/mol. The van der Waals surface area contributed by atoms with E-state index in [4.69, 9.17) is 18.9 Å². The highest BCUT2D eigenvalue weighted by Gasteiger charge is 2.46. The number of likely N-dealkylation sites (tertiary alicyclic amines) is 1. The molecule has 1 unspecified atom stereocenters. The van der Waals surface area contributed by atoms with Gasteiger partial charge in [0, 0.05) is 31.7 Å². The maximum atomic E-state index is 13.4. The number of carbonyl (C=O) groups excluding carboxylic acids is 2. The van der Waals surface area contributed by atoms with Crippen LogP contribution in [-0.2, 0) is 14.3 Å². The molecule has 2 heterocycles. The number of Topliss-reactive ketones (excluding diaryl/α,β-unsaturated/α-hetero) is 1. The zero-order valence-corrected chi connectivity index (χ0v) is 23.1. The fraction of sp³-hybridized carbons (Fsp3) is 0.467. The lowest BCUT2D eigenvalue weighted by atomic mass is 9.95. The number of nitrogens with zero attached hydrogens (tertiary/aromatic N) is 2. The average Bonchev–Trinajstić information content (AvgIpc) is 3.21. The summed E-state index contributed by atoms with van der Waals surface area (Å²) in [5.74, 6) is 0.616. The zero-order valence-electron chi connectivity index (χ0n) is 23.1. The van der Waals surface area contributed by atoms with E-state index in [1.54, 1.807) is 55.5 Å². The van der Waals surface area contributed by atoms with Crippen molar-refractivity contribution >= 4 is 17.4 Å². The summed E-state index contributed by atoms with van der Waals surface area (Å²) in [6.45, 7) is 8.51. The third-order valence-electron chi connectivity index (χ3n) is 7.12. The Labute approximate surface area is 229 Å². The number of aliphatic hydroxyl groups is 1. The van der Waals surface area contributed by atoms with E-state index in [1.165, 1.54) is 0 Å². The first-order valence-electron chi connectivity index (χ1n) is 13.4. The molecule has 2 aromatic rings. The molecule has 2 aliphatic heterocycles. The highest BCUT2D eigenvalue weighted by molar-refractivity contribution is 6.46. The number of benzene rings is 2. The van der Waals surface area contributed by atoms with Crippen molar-refractivity contribution in [1.29, 1.82) is 0 Å². The van der Waals surface area contributed by atoms with Gasteiger partial charge in [0.1, 0.15) is 11.5 Å². The maximum absolute atomic E-state index is 13.4. The average molecular weight is 539 g/mol. The SMILES string of the molecule is COc1ccc(/C(O)=C2\C(=O)C(=O)N(CCN3CCOCC3)C2c2ccc(OCCC(C)C)c(OC)c2)cc1. The van der Waals surface area contributed by atoms with Crippen LogP contribution < -0.4 is 14.2 Å². The Kier molecular flexibility index (Phi) is 9.48. The second kappa shape index (κ2) is 13.0. The van der Waals surface area contributed by atoms with Crippen LogP contribution >= 0.6 is 0 Å². The molecule has 2 aliphatic rings. The van der Waals surface area contributed by atoms with Crippen LogP contribution in [0, 0.1) is 5.92 Å². The molecule has 1 amide bonds. The number of amides is 1. The smallest absolute Gasteiger partial charge is 0.295 e. The van der Waals surface area contributed by atoms with Crippen LogP contribution in [-0.4, -0.2) is 86.8 Å². The second-order valence-electron chi connectivity index (χ2n) is 10.1. The standard InChI is InChI=1S/C30H38N2O7/c1-20(2)11-16-39-24-10-7-22(19-25(24)37-4)27-26(28(33)21-5-8-23(36-3)9-6-21)29(34)30(35)32(27)13-12-31-14-17-38-18-15-31/h5-10,19-20,27,33H,11-18H2,1-4H3/b28-26+. The molecule has 2 aromatic carbocycles. The van der Waals surface area contributed by atoms with Gasteiger partial charge in [0.2, 0.25) is 0 Å². The van der Waals surface area contributed by atoms with E-state index >= 15 is 0 Å². The zero-order chi connectivity index (χ0) is 27.9. The van der Waals surface area contributed by atoms with Crippen LogP contribution in [0.1, 0.15) is 37.4 Å². The number of ether oxygens (including phenoxy) is 4. The summed E-state index contributed by atoms with van der Waals surface area (Å²) in [6.07, 6.45) is 0.897. The summed E-state index contributed by atoms with van der Waals surface area (Å²) < 4.78 is 22.2. The van der Waals surface area contributed by atoms with Crippen molar-refractivity contribution in [2.24, 2.45) is 5.92 Å². The molecule has 2 saturated heterocycles. The fourth-order valence-corrected chi connectivity index (χ4v) is 4.81. The van der Waals surface area contributed by atoms with E-state index in [-0.39, 0.29) is 11.3 Å². The van der Waals surface area contributed by atoms with Crippen LogP contribution in [0.2, 0.25) is 0 Å². The Morgan fingerprint density at radius 2 is 1.72 bits per heavy atom. The molecule has 2 fully saturated rings. The molecule has 210 valence electrons. The van der Waals surface area contributed by atoms with Crippen molar-refractivity contribution in [2.75, 3.05) is 60.2 Å². The third kappa shape index (κ3) is 6.54. The number of hydrogen-bond acceptors (Lipinski definition) is 8. The monoisotopic (exact) mass is 538 g/mol. The highest BCUT2D eigenvalue weighted by atomic mass is 16.5. The molecule has 4 rings (SSSR count). The van der Waals surface area contributed by atoms with Gasteiger partial charge < -0.3 is 29.0 Å². The van der Waals surface area contributed by atoms with Crippen molar-refractivity contribution in [3.05, 3.63) is 59.2 Å². The van der Waals surface area contributed by atoms with Crippen LogP contribution in [0.4, 0.5) is 0 Å². The van der Waals surface area contributed by atoms with Gasteiger partial charge in [-0.3, -0.25) is 14.5 Å². The van der Waals surface area contributed by atoms with Gasteiger partial charge in [0.25, 0.3) is 11.7 Å². The summed E-state index contributed by atoms with van der Waals surface area (Å²) in [7, 11) is 3.11. The molecule has 9 heteroatoms. The summed E-state index contributed by atoms with van der Waals surface area (Å²) in [4.78, 5) is 30.5. The maximum Gasteiger partial charge on any atom is 0.295 e. The van der Waals surface area contributed by atoms with Gasteiger partial charge in [-0.15, -0.1) is 0 Å². The molecule has 0 spiro atoms. The summed E-state index contributed by atoms with van der Waals surface area (Å²) in [5, 5.41) is 11.3. The minimum atomic E-state index is -0.785. The lowest BCUT2D eigenvalue weighted by Gasteiger charge is -2.31. The summed E-state index contributed by atoms with van der Waals surface area (Å²) in [5.41, 5.74) is 1.12. The number of hydrogen-bond donors (Lipinski definition) is 1. The van der Waals surface area contributed by atoms with Gasteiger partial charge >= 0.3 is 0 Å². The van der Waals surface area contributed by atoms with Crippen LogP contribution in [0.3, 0.4) is 0 Å². The lowest BCUT2D eigenvalue weighted by Crippen LogP contribution is -2.42. The molecule has 0 aliphatic carbocycles. The Morgan fingerprint density at radius 3 is 2.36 bits per heavy atom. The Bertz CT molecular complexity index is 1190. The number of rotatable bonds is 11. The summed E-state index contributed by atoms with van der Waals surface area (Å²) >= 11 is 0. The van der Waals surface area contributed by atoms with Gasteiger partial charge in [0.15, 0.2) is 11.5 Å². The Balaban J connectivity index is 1.72. The van der Waals surface area contributed by atoms with Crippen molar-refractivity contribution in [3.63, 3.8) is 0 Å². The second-order valence-corrected chi connectivity index (χ2v) is 10.1. The highest BCUT2D eigenvalue weighted by Crippen LogP contribution is 2.42. The van der Waals surface area contributed by atoms with E-state index in [0.717, 1.165) is 19.5 Å². The van der Waals surface area contributed by atoms with E-state index in [0.29, 0.717) is 67.2 Å². The molecule has 1 atom stereocenters. The van der Waals surface area contributed by atoms with Crippen molar-refractivity contribution < 1.29 is 33.6 Å². The Morgan fingerprint density at radius 1 is 1.00 bits per heavy atom. The minimum Gasteiger partial charge on any atom is -0.507 e. The number of carbonyl (C=O) groups is 2. The first-order chi connectivity index (χ1) is 18.8. The predicted molar refractivity (Wildman–Crippen MR) is 147 cm³/mol. The molecule has 0 bridgehead atoms.